The molecule has 0 aromatic heterocycles. The van der Waals surface area contributed by atoms with E-state index in [9.17, 15) is 9.59 Å². The van der Waals surface area contributed by atoms with Gasteiger partial charge in [0.05, 0.1) is 0 Å². The van der Waals surface area contributed by atoms with Gasteiger partial charge in [0.25, 0.3) is 0 Å². The van der Waals surface area contributed by atoms with E-state index in [0.29, 0.717) is 6.54 Å². The molecule has 0 aliphatic rings. The third-order valence-electron chi connectivity index (χ3n) is 1.15. The zero-order valence-electron chi connectivity index (χ0n) is 6.69. The molecule has 0 bridgehead atoms. The Bertz CT molecular complexity index is 157. The van der Waals surface area contributed by atoms with Gasteiger partial charge in [-0.3, -0.25) is 9.59 Å². The number of nitrogens with one attached hydrogen (secondary N) is 1. The van der Waals surface area contributed by atoms with Crippen LogP contribution in [0.2, 0.25) is 0 Å². The van der Waals surface area contributed by atoms with E-state index in [1.807, 2.05) is 0 Å². The van der Waals surface area contributed by atoms with Crippen LogP contribution in [0.5, 0.6) is 0 Å². The lowest BCUT2D eigenvalue weighted by molar-refractivity contribution is -0.124. The van der Waals surface area contributed by atoms with Crippen molar-refractivity contribution in [1.29, 1.82) is 0 Å². The maximum absolute atomic E-state index is 10.9. The Hall–Kier alpha value is -0.570. The Balaban J connectivity index is 3.39. The second-order valence-electron chi connectivity index (χ2n) is 2.55. The summed E-state index contributed by atoms with van der Waals surface area (Å²) in [6.45, 7) is 3.91. The Morgan fingerprint density at radius 3 is 2.36 bits per heavy atom. The minimum Gasteiger partial charge on any atom is -0.355 e. The molecule has 4 heteroatoms. The van der Waals surface area contributed by atoms with Crippen LogP contribution in [0.4, 0.5) is 0 Å². The maximum Gasteiger partial charge on any atom is 0.223 e. The Kier molecular flexibility index (Phi) is 4.86. The molecule has 1 amide bonds. The van der Waals surface area contributed by atoms with E-state index in [4.69, 9.17) is 11.6 Å². The smallest absolute Gasteiger partial charge is 0.223 e. The zero-order chi connectivity index (χ0) is 8.85. The first kappa shape index (κ1) is 10.4. The summed E-state index contributed by atoms with van der Waals surface area (Å²) in [6, 6.07) is 0. The number of hydrogen-bond donors (Lipinski definition) is 1. The van der Waals surface area contributed by atoms with Crippen LogP contribution in [0, 0.1) is 5.92 Å². The molecule has 3 nitrogen and oxygen atoms in total. The van der Waals surface area contributed by atoms with Crippen molar-refractivity contribution in [1.82, 2.24) is 5.32 Å². The maximum atomic E-state index is 10.9. The molecule has 0 atom stereocenters. The van der Waals surface area contributed by atoms with Crippen molar-refractivity contribution in [2.75, 3.05) is 6.54 Å². The van der Waals surface area contributed by atoms with Gasteiger partial charge in [-0.25, -0.2) is 0 Å². The van der Waals surface area contributed by atoms with Gasteiger partial charge < -0.3 is 5.32 Å². The average Bonchev–Trinajstić information content (AvgIpc) is 1.86. The average molecular weight is 178 g/mol. The van der Waals surface area contributed by atoms with Gasteiger partial charge in [-0.15, -0.1) is 0 Å². The predicted molar refractivity (Wildman–Crippen MR) is 43.3 cm³/mol. The van der Waals surface area contributed by atoms with E-state index >= 15 is 0 Å². The molecule has 11 heavy (non-hydrogen) atoms. The van der Waals surface area contributed by atoms with Crippen LogP contribution < -0.4 is 5.32 Å². The van der Waals surface area contributed by atoms with Crippen LogP contribution in [0.1, 0.15) is 20.3 Å². The second kappa shape index (κ2) is 5.13. The highest BCUT2D eigenvalue weighted by atomic mass is 35.5. The summed E-state index contributed by atoms with van der Waals surface area (Å²) in [6.07, 6.45) is 0.194. The summed E-state index contributed by atoms with van der Waals surface area (Å²) in [7, 11) is 0. The number of carbonyl (C=O) groups is 2. The fourth-order valence-corrected chi connectivity index (χ4v) is 0.583. The SMILES string of the molecule is CC(C)C(=O)NCCC(=O)Cl. The van der Waals surface area contributed by atoms with Gasteiger partial charge in [-0.1, -0.05) is 13.8 Å². The van der Waals surface area contributed by atoms with E-state index in [1.54, 1.807) is 13.8 Å². The summed E-state index contributed by atoms with van der Waals surface area (Å²) in [5.74, 6) is -0.0941. The monoisotopic (exact) mass is 177 g/mol. The lowest BCUT2D eigenvalue weighted by Gasteiger charge is -2.04. The van der Waals surface area contributed by atoms with Crippen molar-refractivity contribution in [3.8, 4) is 0 Å². The molecule has 0 aliphatic heterocycles. The third kappa shape index (κ3) is 5.85. The molecular formula is C7H12ClNO2. The summed E-state index contributed by atoms with van der Waals surface area (Å²) < 4.78 is 0. The van der Waals surface area contributed by atoms with Crippen molar-refractivity contribution in [3.63, 3.8) is 0 Å². The van der Waals surface area contributed by atoms with Crippen LogP contribution in [-0.2, 0) is 9.59 Å². The first-order valence-corrected chi connectivity index (χ1v) is 3.88. The Morgan fingerprint density at radius 1 is 1.45 bits per heavy atom. The summed E-state index contributed by atoms with van der Waals surface area (Å²) in [5.41, 5.74) is 0. The molecule has 0 heterocycles. The van der Waals surface area contributed by atoms with Gasteiger partial charge in [0, 0.05) is 18.9 Å². The quantitative estimate of drug-likeness (QED) is 0.649. The zero-order valence-corrected chi connectivity index (χ0v) is 7.44. The van der Waals surface area contributed by atoms with Crippen molar-refractivity contribution in [2.24, 2.45) is 5.92 Å². The molecule has 1 N–H and O–H groups in total. The van der Waals surface area contributed by atoms with Crippen LogP contribution in [-0.4, -0.2) is 17.7 Å². The standard InChI is InChI=1S/C7H12ClNO2/c1-5(2)7(11)9-4-3-6(8)10/h5H,3-4H2,1-2H3,(H,9,11). The topological polar surface area (TPSA) is 46.2 Å². The van der Waals surface area contributed by atoms with E-state index in [2.05, 4.69) is 5.32 Å². The lowest BCUT2D eigenvalue weighted by atomic mass is 10.2. The fourth-order valence-electron chi connectivity index (χ4n) is 0.488. The lowest BCUT2D eigenvalue weighted by Crippen LogP contribution is -2.29. The molecule has 0 fully saturated rings. The molecule has 0 radical (unpaired) electrons. The number of carbonyl (C=O) groups excluding carboxylic acids is 2. The number of hydrogen-bond acceptors (Lipinski definition) is 2. The van der Waals surface area contributed by atoms with Crippen LogP contribution in [0.25, 0.3) is 0 Å². The third-order valence-corrected chi connectivity index (χ3v) is 1.33. The molecule has 0 aliphatic carbocycles. The summed E-state index contributed by atoms with van der Waals surface area (Å²) in [4.78, 5) is 21.1. The van der Waals surface area contributed by atoms with Gasteiger partial charge in [-0.2, -0.15) is 0 Å². The van der Waals surface area contributed by atoms with Crippen molar-refractivity contribution in [3.05, 3.63) is 0 Å². The molecule has 0 rings (SSSR count). The van der Waals surface area contributed by atoms with E-state index in [0.717, 1.165) is 0 Å². The summed E-state index contributed by atoms with van der Waals surface area (Å²) >= 11 is 5.05. The molecule has 0 saturated carbocycles. The van der Waals surface area contributed by atoms with Crippen LogP contribution in [0.15, 0.2) is 0 Å². The highest BCUT2D eigenvalue weighted by Gasteiger charge is 2.05. The molecule has 0 aromatic carbocycles. The van der Waals surface area contributed by atoms with Crippen molar-refractivity contribution < 1.29 is 9.59 Å². The number of rotatable bonds is 4. The molecule has 64 valence electrons. The summed E-state index contributed by atoms with van der Waals surface area (Å²) in [5, 5.41) is 2.15. The predicted octanol–water partition coefficient (Wildman–Crippen LogP) is 0.914. The van der Waals surface area contributed by atoms with E-state index < -0.39 is 5.24 Å². The first-order chi connectivity index (χ1) is 5.04. The minimum atomic E-state index is -0.422. The normalized spacial score (nSPS) is 9.82. The first-order valence-electron chi connectivity index (χ1n) is 3.50. The molecule has 0 saturated heterocycles. The highest BCUT2D eigenvalue weighted by molar-refractivity contribution is 6.63. The van der Waals surface area contributed by atoms with Crippen molar-refractivity contribution >= 4 is 22.8 Å². The molecular weight excluding hydrogens is 166 g/mol. The van der Waals surface area contributed by atoms with Gasteiger partial charge >= 0.3 is 0 Å². The fraction of sp³-hybridized carbons (Fsp3) is 0.714. The van der Waals surface area contributed by atoms with Gasteiger partial charge in [0.15, 0.2) is 0 Å². The molecule has 0 spiro atoms. The van der Waals surface area contributed by atoms with Gasteiger partial charge in [0.2, 0.25) is 11.1 Å². The molecule has 0 aromatic rings. The van der Waals surface area contributed by atoms with Crippen LogP contribution >= 0.6 is 11.6 Å². The van der Waals surface area contributed by atoms with Gasteiger partial charge in [-0.05, 0) is 11.6 Å². The van der Waals surface area contributed by atoms with E-state index in [-0.39, 0.29) is 18.2 Å². The largest absolute Gasteiger partial charge is 0.355 e. The second-order valence-corrected chi connectivity index (χ2v) is 2.97. The highest BCUT2D eigenvalue weighted by Crippen LogP contribution is 1.91. The van der Waals surface area contributed by atoms with Crippen molar-refractivity contribution in [2.45, 2.75) is 20.3 Å². The Labute approximate surface area is 71.1 Å². The van der Waals surface area contributed by atoms with Gasteiger partial charge in [0.1, 0.15) is 0 Å². The minimum absolute atomic E-state index is 0.0413. The molecule has 0 unspecified atom stereocenters. The Morgan fingerprint density at radius 2 is 2.00 bits per heavy atom. The van der Waals surface area contributed by atoms with Crippen LogP contribution in [0.3, 0.4) is 0 Å². The number of halogens is 1. The van der Waals surface area contributed by atoms with E-state index in [1.165, 1.54) is 0 Å². The number of amides is 1.